The molecule has 0 aromatic heterocycles. The van der Waals surface area contributed by atoms with E-state index < -0.39 is 15.4 Å². The van der Waals surface area contributed by atoms with Gasteiger partial charge < -0.3 is 4.74 Å². The van der Waals surface area contributed by atoms with Crippen LogP contribution in [0.2, 0.25) is 0 Å². The van der Waals surface area contributed by atoms with E-state index >= 15 is 0 Å². The fraction of sp³-hybridized carbons (Fsp3) is 0.500. The van der Waals surface area contributed by atoms with Crippen LogP contribution in [0.3, 0.4) is 0 Å². The molecule has 1 rings (SSSR count). The fourth-order valence-corrected chi connectivity index (χ4v) is 2.75. The van der Waals surface area contributed by atoms with Crippen molar-refractivity contribution in [3.63, 3.8) is 0 Å². The van der Waals surface area contributed by atoms with E-state index in [-0.39, 0.29) is 5.75 Å². The molecule has 4 nitrogen and oxygen atoms in total. The number of primary sulfonamides is 1. The van der Waals surface area contributed by atoms with Gasteiger partial charge in [0, 0.05) is 5.41 Å². The van der Waals surface area contributed by atoms with Gasteiger partial charge in [0.1, 0.15) is 5.75 Å². The fourth-order valence-electron chi connectivity index (χ4n) is 1.58. The van der Waals surface area contributed by atoms with E-state index in [0.717, 1.165) is 11.3 Å². The Morgan fingerprint density at radius 1 is 1.29 bits per heavy atom. The first-order valence-corrected chi connectivity index (χ1v) is 7.10. The summed E-state index contributed by atoms with van der Waals surface area (Å²) >= 11 is 0. The van der Waals surface area contributed by atoms with Crippen molar-refractivity contribution in [3.05, 3.63) is 29.8 Å². The highest BCUT2D eigenvalue weighted by molar-refractivity contribution is 7.89. The predicted molar refractivity (Wildman–Crippen MR) is 68.4 cm³/mol. The van der Waals surface area contributed by atoms with Crippen LogP contribution in [0.5, 0.6) is 5.75 Å². The second kappa shape index (κ2) is 5.06. The van der Waals surface area contributed by atoms with Crippen molar-refractivity contribution in [2.24, 2.45) is 10.6 Å². The Bertz CT molecular complexity index is 480. The number of sulfonamides is 1. The van der Waals surface area contributed by atoms with E-state index in [2.05, 4.69) is 0 Å². The molecule has 0 aliphatic heterocycles. The zero-order chi connectivity index (χ0) is 13.1. The van der Waals surface area contributed by atoms with Crippen LogP contribution < -0.4 is 9.88 Å². The van der Waals surface area contributed by atoms with Crippen molar-refractivity contribution in [3.8, 4) is 5.75 Å². The van der Waals surface area contributed by atoms with Gasteiger partial charge in [0.2, 0.25) is 10.0 Å². The number of para-hydroxylation sites is 1. The highest BCUT2D eigenvalue weighted by Crippen LogP contribution is 2.22. The topological polar surface area (TPSA) is 69.4 Å². The summed E-state index contributed by atoms with van der Waals surface area (Å²) in [4.78, 5) is 0. The lowest BCUT2D eigenvalue weighted by atomic mass is 9.98. The second-order valence-corrected chi connectivity index (χ2v) is 6.64. The molecule has 17 heavy (non-hydrogen) atoms. The molecule has 5 heteroatoms. The number of aryl methyl sites for hydroxylation is 1. The second-order valence-electron chi connectivity index (χ2n) is 5.03. The largest absolute Gasteiger partial charge is 0.493 e. The molecule has 0 aliphatic rings. The maximum atomic E-state index is 11.0. The van der Waals surface area contributed by atoms with Gasteiger partial charge in [-0.2, -0.15) is 0 Å². The van der Waals surface area contributed by atoms with Crippen molar-refractivity contribution in [2.45, 2.75) is 20.8 Å². The molecule has 2 N–H and O–H groups in total. The minimum Gasteiger partial charge on any atom is -0.493 e. The number of nitrogens with two attached hydrogens (primary N) is 1. The van der Waals surface area contributed by atoms with E-state index in [1.165, 1.54) is 0 Å². The van der Waals surface area contributed by atoms with Crippen molar-refractivity contribution < 1.29 is 13.2 Å². The molecule has 0 spiro atoms. The summed E-state index contributed by atoms with van der Waals surface area (Å²) < 4.78 is 27.7. The van der Waals surface area contributed by atoms with Crippen LogP contribution in [0.15, 0.2) is 24.3 Å². The summed E-state index contributed by atoms with van der Waals surface area (Å²) in [6.45, 7) is 5.89. The molecular formula is C12H19NO3S. The minimum atomic E-state index is -3.48. The van der Waals surface area contributed by atoms with Crippen molar-refractivity contribution in [1.82, 2.24) is 0 Å². The molecular weight excluding hydrogens is 238 g/mol. The van der Waals surface area contributed by atoms with E-state index in [0.29, 0.717) is 6.61 Å². The van der Waals surface area contributed by atoms with Crippen molar-refractivity contribution >= 4 is 10.0 Å². The highest BCUT2D eigenvalue weighted by Gasteiger charge is 2.25. The molecule has 0 fully saturated rings. The normalized spacial score (nSPS) is 12.5. The highest BCUT2D eigenvalue weighted by atomic mass is 32.2. The third-order valence-corrected chi connectivity index (χ3v) is 3.49. The molecule has 0 atom stereocenters. The van der Waals surface area contributed by atoms with Crippen LogP contribution in [-0.2, 0) is 10.0 Å². The van der Waals surface area contributed by atoms with Gasteiger partial charge >= 0.3 is 0 Å². The maximum absolute atomic E-state index is 11.0. The van der Waals surface area contributed by atoms with Crippen LogP contribution >= 0.6 is 0 Å². The van der Waals surface area contributed by atoms with Gasteiger partial charge in [-0.05, 0) is 18.6 Å². The molecule has 1 aromatic carbocycles. The molecule has 0 amide bonds. The first kappa shape index (κ1) is 14.0. The Labute approximate surface area is 103 Å². The first-order chi connectivity index (χ1) is 7.70. The van der Waals surface area contributed by atoms with Gasteiger partial charge in [-0.3, -0.25) is 0 Å². The van der Waals surface area contributed by atoms with Crippen LogP contribution in [0.4, 0.5) is 0 Å². The van der Waals surface area contributed by atoms with Gasteiger partial charge in [0.05, 0.1) is 12.4 Å². The lowest BCUT2D eigenvalue weighted by molar-refractivity contribution is 0.199. The summed E-state index contributed by atoms with van der Waals surface area (Å²) in [7, 11) is -3.48. The Kier molecular flexibility index (Phi) is 4.16. The van der Waals surface area contributed by atoms with Crippen LogP contribution in [0.1, 0.15) is 19.4 Å². The molecule has 0 saturated carbocycles. The monoisotopic (exact) mass is 257 g/mol. The van der Waals surface area contributed by atoms with Crippen LogP contribution in [0.25, 0.3) is 0 Å². The van der Waals surface area contributed by atoms with Gasteiger partial charge in [-0.1, -0.05) is 32.0 Å². The summed E-state index contributed by atoms with van der Waals surface area (Å²) in [5.74, 6) is 0.682. The lowest BCUT2D eigenvalue weighted by Crippen LogP contribution is -2.33. The van der Waals surface area contributed by atoms with Crippen molar-refractivity contribution in [2.75, 3.05) is 12.4 Å². The Morgan fingerprint density at radius 2 is 1.88 bits per heavy atom. The molecule has 0 unspecified atom stereocenters. The van der Waals surface area contributed by atoms with Gasteiger partial charge in [-0.25, -0.2) is 13.6 Å². The smallest absolute Gasteiger partial charge is 0.209 e. The number of hydrogen-bond donors (Lipinski definition) is 1. The third-order valence-electron chi connectivity index (χ3n) is 2.30. The van der Waals surface area contributed by atoms with E-state index in [4.69, 9.17) is 9.88 Å². The predicted octanol–water partition coefficient (Wildman–Crippen LogP) is 1.69. The quantitative estimate of drug-likeness (QED) is 0.872. The molecule has 1 aromatic rings. The van der Waals surface area contributed by atoms with Gasteiger partial charge in [0.25, 0.3) is 0 Å². The first-order valence-electron chi connectivity index (χ1n) is 5.38. The van der Waals surface area contributed by atoms with E-state index in [9.17, 15) is 8.42 Å². The Morgan fingerprint density at radius 3 is 2.41 bits per heavy atom. The van der Waals surface area contributed by atoms with E-state index in [1.54, 1.807) is 0 Å². The SMILES string of the molecule is Cc1ccccc1OCC(C)(C)CS(N)(=O)=O. The zero-order valence-electron chi connectivity index (χ0n) is 10.4. The molecule has 0 aliphatic carbocycles. The van der Waals surface area contributed by atoms with Crippen molar-refractivity contribution in [1.29, 1.82) is 0 Å². The minimum absolute atomic E-state index is 0.0914. The number of hydrogen-bond acceptors (Lipinski definition) is 3. The summed E-state index contributed by atoms with van der Waals surface area (Å²) in [5, 5.41) is 5.04. The van der Waals surface area contributed by atoms with E-state index in [1.807, 2.05) is 45.0 Å². The van der Waals surface area contributed by atoms with Crippen LogP contribution in [-0.4, -0.2) is 20.8 Å². The number of benzene rings is 1. The molecule has 0 saturated heterocycles. The summed E-state index contributed by atoms with van der Waals surface area (Å²) in [5.41, 5.74) is 0.523. The van der Waals surface area contributed by atoms with Gasteiger partial charge in [0.15, 0.2) is 0 Å². The Balaban J connectivity index is 2.65. The average molecular weight is 257 g/mol. The average Bonchev–Trinajstić information content (AvgIpc) is 2.13. The summed E-state index contributed by atoms with van der Waals surface area (Å²) in [6.07, 6.45) is 0. The molecule has 0 bridgehead atoms. The lowest BCUT2D eigenvalue weighted by Gasteiger charge is -2.23. The summed E-state index contributed by atoms with van der Waals surface area (Å²) in [6, 6.07) is 7.62. The van der Waals surface area contributed by atoms with Gasteiger partial charge in [-0.15, -0.1) is 0 Å². The number of ether oxygens (including phenoxy) is 1. The standard InChI is InChI=1S/C12H19NO3S/c1-10-6-4-5-7-11(10)16-8-12(2,3)9-17(13,14)15/h4-7H,8-9H2,1-3H3,(H2,13,14,15). The van der Waals surface area contributed by atoms with Crippen LogP contribution in [0, 0.1) is 12.3 Å². The Hall–Kier alpha value is -1.07. The molecule has 0 radical (unpaired) electrons. The third kappa shape index (κ3) is 5.19. The maximum Gasteiger partial charge on any atom is 0.209 e. The molecule has 96 valence electrons. The number of rotatable bonds is 5. The zero-order valence-corrected chi connectivity index (χ0v) is 11.3. The molecule has 0 heterocycles.